The lowest BCUT2D eigenvalue weighted by molar-refractivity contribution is -0.142. The topological polar surface area (TPSA) is 181 Å². The van der Waals surface area contributed by atoms with Gasteiger partial charge in [-0.3, -0.25) is 24.0 Å². The minimum Gasteiger partial charge on any atom is -0.444 e. The van der Waals surface area contributed by atoms with Crippen LogP contribution in [-0.4, -0.2) is 88.7 Å². The van der Waals surface area contributed by atoms with E-state index < -0.39 is 85.7 Å². The molecule has 0 bridgehead atoms. The summed E-state index contributed by atoms with van der Waals surface area (Å²) in [6.45, 7) is 10.6. The first-order valence-corrected chi connectivity index (χ1v) is 20.8. The molecule has 0 radical (unpaired) electrons. The lowest BCUT2D eigenvalue weighted by atomic mass is 9.85. The molecule has 2 aliphatic carbocycles. The Bertz CT molecular complexity index is 1860. The lowest BCUT2D eigenvalue weighted by Gasteiger charge is -2.34. The highest BCUT2D eigenvalue weighted by atomic mass is 32.2. The van der Waals surface area contributed by atoms with Gasteiger partial charge >= 0.3 is 12.2 Å². The van der Waals surface area contributed by atoms with E-state index in [1.54, 1.807) is 39.8 Å². The van der Waals surface area contributed by atoms with Gasteiger partial charge in [0.15, 0.2) is 0 Å². The number of benzene rings is 1. The van der Waals surface area contributed by atoms with Crippen molar-refractivity contribution in [2.24, 2.45) is 17.8 Å². The number of nitrogens with zero attached hydrogens (tertiary/aromatic N) is 2. The predicted molar refractivity (Wildman–Crippen MR) is 199 cm³/mol. The first-order chi connectivity index (χ1) is 25.8. The molecule has 6 rings (SSSR count). The van der Waals surface area contributed by atoms with Crippen molar-refractivity contribution in [3.05, 3.63) is 47.3 Å². The van der Waals surface area contributed by atoms with Crippen LogP contribution in [0.2, 0.25) is 0 Å². The lowest BCUT2D eigenvalue weighted by Crippen LogP contribution is -2.59. The number of amides is 5. The fourth-order valence-corrected chi connectivity index (χ4v) is 9.29. The number of carbonyl (C=O) groups is 5. The van der Waals surface area contributed by atoms with Crippen LogP contribution >= 0.6 is 0 Å². The van der Waals surface area contributed by atoms with Gasteiger partial charge in [0.2, 0.25) is 21.8 Å². The zero-order valence-electron chi connectivity index (χ0n) is 32.5. The van der Waals surface area contributed by atoms with E-state index in [-0.39, 0.29) is 44.3 Å². The minimum atomic E-state index is -4.03. The number of fused-ring (bicyclic) bond motifs is 3. The van der Waals surface area contributed by atoms with Crippen LogP contribution in [0.3, 0.4) is 0 Å². The monoisotopic (exact) mass is 787 g/mol. The fourth-order valence-electron chi connectivity index (χ4n) is 7.98. The molecule has 0 aromatic heterocycles. The zero-order valence-corrected chi connectivity index (χ0v) is 33.3. The van der Waals surface area contributed by atoms with Gasteiger partial charge in [0, 0.05) is 24.4 Å². The number of halogens is 1. The number of carbonyl (C=O) groups excluding carboxylic acids is 5. The Kier molecular flexibility index (Phi) is 11.1. The Morgan fingerprint density at radius 3 is 2.49 bits per heavy atom. The van der Waals surface area contributed by atoms with Crippen molar-refractivity contribution in [3.63, 3.8) is 0 Å². The number of alkyl carbamates (subject to hydrolysis) is 1. The summed E-state index contributed by atoms with van der Waals surface area (Å²) in [6.07, 6.45) is 4.53. The van der Waals surface area contributed by atoms with Crippen molar-refractivity contribution in [1.82, 2.24) is 25.2 Å². The molecule has 3 fully saturated rings. The van der Waals surface area contributed by atoms with E-state index in [1.807, 2.05) is 19.1 Å². The number of allylic oxidation sites excluding steroid dienone is 1. The van der Waals surface area contributed by atoms with Crippen LogP contribution in [0.4, 0.5) is 14.0 Å². The van der Waals surface area contributed by atoms with Crippen molar-refractivity contribution in [1.29, 1.82) is 0 Å². The molecule has 16 heteroatoms. The molecular formula is C39H54FN5O9S. The van der Waals surface area contributed by atoms with E-state index in [4.69, 9.17) is 9.47 Å². The van der Waals surface area contributed by atoms with Gasteiger partial charge in [-0.05, 0) is 89.7 Å². The molecule has 7 atom stereocenters. The number of hydrogen-bond acceptors (Lipinski definition) is 9. The third-order valence-electron chi connectivity index (χ3n) is 11.7. The maximum Gasteiger partial charge on any atom is 0.410 e. The van der Waals surface area contributed by atoms with Crippen LogP contribution in [-0.2, 0) is 47.0 Å². The van der Waals surface area contributed by atoms with Crippen molar-refractivity contribution < 1.29 is 46.3 Å². The summed E-state index contributed by atoms with van der Waals surface area (Å²) in [5.74, 6) is -3.33. The number of ether oxygens (including phenoxy) is 2. The van der Waals surface area contributed by atoms with Crippen LogP contribution in [0.5, 0.6) is 0 Å². The summed E-state index contributed by atoms with van der Waals surface area (Å²) >= 11 is 0. The molecule has 3 N–H and O–H groups in total. The molecule has 14 nitrogen and oxygen atoms in total. The summed E-state index contributed by atoms with van der Waals surface area (Å²) in [4.78, 5) is 72.4. The molecule has 2 saturated carbocycles. The molecule has 0 spiro atoms. The zero-order chi connectivity index (χ0) is 40.1. The number of nitrogens with one attached hydrogen (secondary N) is 3. The van der Waals surface area contributed by atoms with E-state index in [2.05, 4.69) is 22.3 Å². The molecule has 55 heavy (non-hydrogen) atoms. The molecule has 3 aliphatic heterocycles. The quantitative estimate of drug-likeness (QED) is 0.352. The van der Waals surface area contributed by atoms with E-state index in [0.717, 1.165) is 6.42 Å². The van der Waals surface area contributed by atoms with Crippen LogP contribution < -0.4 is 15.4 Å². The molecule has 302 valence electrons. The average Bonchev–Trinajstić information content (AvgIpc) is 3.89. The molecular weight excluding hydrogens is 734 g/mol. The first kappa shape index (κ1) is 40.5. The van der Waals surface area contributed by atoms with Crippen LogP contribution in [0, 0.1) is 23.6 Å². The normalized spacial score (nSPS) is 30.5. The third-order valence-corrected chi connectivity index (χ3v) is 13.9. The van der Waals surface area contributed by atoms with Gasteiger partial charge in [0.1, 0.15) is 35.1 Å². The second kappa shape index (κ2) is 15.0. The smallest absolute Gasteiger partial charge is 0.410 e. The molecule has 3 heterocycles. The van der Waals surface area contributed by atoms with Crippen molar-refractivity contribution in [3.8, 4) is 0 Å². The Morgan fingerprint density at radius 2 is 1.84 bits per heavy atom. The minimum absolute atomic E-state index is 0.00709. The fraction of sp³-hybridized carbons (Fsp3) is 0.667. The predicted octanol–water partition coefficient (Wildman–Crippen LogP) is 4.42. The highest BCUT2D eigenvalue weighted by Crippen LogP contribution is 2.47. The Labute approximate surface area is 322 Å². The number of rotatable bonds is 6. The van der Waals surface area contributed by atoms with Gasteiger partial charge in [-0.1, -0.05) is 44.6 Å². The van der Waals surface area contributed by atoms with Gasteiger partial charge in [0.25, 0.3) is 5.91 Å². The van der Waals surface area contributed by atoms with E-state index >= 15 is 0 Å². The average molecular weight is 788 g/mol. The summed E-state index contributed by atoms with van der Waals surface area (Å²) < 4.78 is 53.4. The molecule has 5 aliphatic rings. The standard InChI is InChI=1S/C39H54FN5O9S/c1-7-24-17-23(2)11-8-9-13-26-19-39(26,34(48)43-55(51,52)38(6)15-16-38)42-32(46)30-18-27(21-45(30)33(47)31(24)41-35(49)54-37(3,4)5)53-36(50)44-20-25-12-10-14-29(40)28(25)22-44/h9-10,12-14,23-24,26-27,30-31H,7-8,11,15-22H2,1-6H3,(H,41,49)(H,42,46)(H,43,48). The third kappa shape index (κ3) is 8.63. The van der Waals surface area contributed by atoms with Crippen molar-refractivity contribution in [2.45, 2.75) is 140 Å². The summed E-state index contributed by atoms with van der Waals surface area (Å²) in [6, 6.07) is 2.25. The molecule has 1 aromatic carbocycles. The van der Waals surface area contributed by atoms with E-state index in [0.29, 0.717) is 43.2 Å². The molecule has 1 aromatic rings. The van der Waals surface area contributed by atoms with Gasteiger partial charge in [0.05, 0.1) is 17.8 Å². The van der Waals surface area contributed by atoms with Gasteiger partial charge in [-0.25, -0.2) is 22.4 Å². The van der Waals surface area contributed by atoms with Gasteiger partial charge in [-0.2, -0.15) is 0 Å². The maximum absolute atomic E-state index is 14.8. The first-order valence-electron chi connectivity index (χ1n) is 19.3. The summed E-state index contributed by atoms with van der Waals surface area (Å²) in [5.41, 5.74) is -1.41. The number of hydrogen-bond donors (Lipinski definition) is 3. The Hall–Kier alpha value is -4.21. The SMILES string of the molecule is CCC1CC(C)CCC=CC2CC2(C(=O)NS(=O)(=O)C2(C)CC2)NC(=O)C2CC(OC(=O)N3Cc4cccc(F)c4C3)CN2C(=O)C1NC(=O)OC(C)(C)C. The molecule has 5 amide bonds. The van der Waals surface area contributed by atoms with Crippen molar-refractivity contribution >= 4 is 39.9 Å². The Balaban J connectivity index is 1.31. The maximum atomic E-state index is 14.8. The van der Waals surface area contributed by atoms with Crippen molar-refractivity contribution in [2.75, 3.05) is 6.54 Å². The van der Waals surface area contributed by atoms with E-state index in [9.17, 15) is 36.8 Å². The highest BCUT2D eigenvalue weighted by molar-refractivity contribution is 7.91. The second-order valence-corrected chi connectivity index (χ2v) is 19.5. The van der Waals surface area contributed by atoms with Crippen LogP contribution in [0.25, 0.3) is 0 Å². The summed E-state index contributed by atoms with van der Waals surface area (Å²) in [5, 5.41) is 5.62. The van der Waals surface area contributed by atoms with E-state index in [1.165, 1.54) is 15.9 Å². The largest absolute Gasteiger partial charge is 0.444 e. The number of sulfonamides is 1. The summed E-state index contributed by atoms with van der Waals surface area (Å²) in [7, 11) is -4.03. The second-order valence-electron chi connectivity index (χ2n) is 17.3. The highest BCUT2D eigenvalue weighted by Gasteiger charge is 2.63. The molecule has 1 saturated heterocycles. The Morgan fingerprint density at radius 1 is 1.11 bits per heavy atom. The molecule has 7 unspecified atom stereocenters. The van der Waals surface area contributed by atoms with Crippen LogP contribution in [0.1, 0.15) is 104 Å². The van der Waals surface area contributed by atoms with Crippen LogP contribution in [0.15, 0.2) is 30.4 Å². The van der Waals surface area contributed by atoms with Gasteiger partial charge in [-0.15, -0.1) is 0 Å². The van der Waals surface area contributed by atoms with Gasteiger partial charge < -0.3 is 25.0 Å².